The van der Waals surface area contributed by atoms with Crippen molar-refractivity contribution < 1.29 is 24.6 Å². The Morgan fingerprint density at radius 2 is 1.52 bits per heavy atom. The minimum Gasteiger partial charge on any atom is -0.508 e. The first-order chi connectivity index (χ1) is 13.6. The maximum Gasteiger partial charge on any atom is 0.322 e. The summed E-state index contributed by atoms with van der Waals surface area (Å²) in [6, 6.07) is 4.03. The standard InChI is InChI=1S/C21H33N3O5/c1-13(2)9-16(12-25)22-20(27)18(10-14(3)4)23-24-19(21(28)29)11-15-5-7-17(26)8-6-15/h5-8,12-14,16,18-19,23-24,26H,9-11H2,1-4H3,(H,22,27)(H,28,29)/t16-,18-,19-/m0/s1. The van der Waals surface area contributed by atoms with E-state index in [1.54, 1.807) is 12.1 Å². The van der Waals surface area contributed by atoms with E-state index in [0.717, 1.165) is 11.8 Å². The number of hydrazine groups is 1. The largest absolute Gasteiger partial charge is 0.508 e. The van der Waals surface area contributed by atoms with Crippen LogP contribution in [0.25, 0.3) is 0 Å². The van der Waals surface area contributed by atoms with Crippen LogP contribution in [0, 0.1) is 11.8 Å². The zero-order chi connectivity index (χ0) is 22.0. The zero-order valence-corrected chi connectivity index (χ0v) is 17.5. The normalized spacial score (nSPS) is 14.4. The van der Waals surface area contributed by atoms with Crippen LogP contribution in [0.4, 0.5) is 0 Å². The first kappa shape index (κ1) is 24.6. The fraction of sp³-hybridized carbons (Fsp3) is 0.571. The van der Waals surface area contributed by atoms with Crippen LogP contribution in [0.2, 0.25) is 0 Å². The Hall–Kier alpha value is -2.45. The molecule has 0 aliphatic carbocycles. The molecule has 1 aromatic carbocycles. The van der Waals surface area contributed by atoms with E-state index in [4.69, 9.17) is 0 Å². The lowest BCUT2D eigenvalue weighted by atomic mass is 10.0. The molecule has 0 bridgehead atoms. The highest BCUT2D eigenvalue weighted by molar-refractivity contribution is 5.84. The summed E-state index contributed by atoms with van der Waals surface area (Å²) in [6.45, 7) is 7.85. The molecule has 1 aromatic rings. The van der Waals surface area contributed by atoms with Crippen LogP contribution in [0.3, 0.4) is 0 Å². The topological polar surface area (TPSA) is 128 Å². The molecule has 0 radical (unpaired) electrons. The number of hydrogen-bond donors (Lipinski definition) is 5. The Kier molecular flexibility index (Phi) is 10.3. The van der Waals surface area contributed by atoms with E-state index in [1.807, 2.05) is 27.7 Å². The molecule has 8 nitrogen and oxygen atoms in total. The molecule has 0 aliphatic rings. The van der Waals surface area contributed by atoms with Crippen molar-refractivity contribution in [3.05, 3.63) is 29.8 Å². The number of amides is 1. The number of hydrogen-bond acceptors (Lipinski definition) is 6. The SMILES string of the molecule is CC(C)C[C@@H](C=O)NC(=O)[C@H](CC(C)C)NN[C@@H](Cc1ccc(O)cc1)C(=O)O. The average molecular weight is 408 g/mol. The van der Waals surface area contributed by atoms with E-state index in [0.29, 0.717) is 12.8 Å². The summed E-state index contributed by atoms with van der Waals surface area (Å²) in [5.41, 5.74) is 6.31. The molecular formula is C21H33N3O5. The second-order valence-electron chi connectivity index (χ2n) is 8.11. The first-order valence-electron chi connectivity index (χ1n) is 9.89. The molecule has 5 N–H and O–H groups in total. The van der Waals surface area contributed by atoms with Crippen LogP contribution in [-0.2, 0) is 20.8 Å². The number of carboxylic acid groups (broad SMARTS) is 1. The van der Waals surface area contributed by atoms with Crippen LogP contribution in [0.1, 0.15) is 46.1 Å². The van der Waals surface area contributed by atoms with Gasteiger partial charge in [0.1, 0.15) is 24.1 Å². The molecular weight excluding hydrogens is 374 g/mol. The van der Waals surface area contributed by atoms with Gasteiger partial charge in [-0.25, -0.2) is 10.9 Å². The molecule has 1 rings (SSSR count). The third-order valence-electron chi connectivity index (χ3n) is 4.35. The van der Waals surface area contributed by atoms with Crippen molar-refractivity contribution in [2.45, 2.75) is 65.1 Å². The number of phenols is 1. The van der Waals surface area contributed by atoms with Crippen LogP contribution >= 0.6 is 0 Å². The molecule has 0 aromatic heterocycles. The summed E-state index contributed by atoms with van der Waals surface area (Å²) in [6.07, 6.45) is 1.90. The van der Waals surface area contributed by atoms with Crippen molar-refractivity contribution >= 4 is 18.2 Å². The van der Waals surface area contributed by atoms with Crippen LogP contribution in [0.15, 0.2) is 24.3 Å². The third kappa shape index (κ3) is 9.54. The van der Waals surface area contributed by atoms with Crippen molar-refractivity contribution in [2.75, 3.05) is 0 Å². The molecule has 0 heterocycles. The van der Waals surface area contributed by atoms with Gasteiger partial charge in [0.15, 0.2) is 0 Å². The van der Waals surface area contributed by atoms with Crippen molar-refractivity contribution in [1.29, 1.82) is 0 Å². The van der Waals surface area contributed by atoms with Gasteiger partial charge < -0.3 is 20.3 Å². The van der Waals surface area contributed by atoms with Crippen LogP contribution in [-0.4, -0.2) is 46.5 Å². The Morgan fingerprint density at radius 1 is 0.966 bits per heavy atom. The predicted octanol–water partition coefficient (Wildman–Crippen LogP) is 1.63. The lowest BCUT2D eigenvalue weighted by Gasteiger charge is -2.25. The molecule has 0 saturated carbocycles. The number of phenolic OH excluding ortho intramolecular Hbond substituents is 1. The van der Waals surface area contributed by atoms with Gasteiger partial charge in [-0.3, -0.25) is 9.59 Å². The quantitative estimate of drug-likeness (QED) is 0.248. The van der Waals surface area contributed by atoms with Gasteiger partial charge in [-0.05, 0) is 48.8 Å². The van der Waals surface area contributed by atoms with Gasteiger partial charge in [-0.2, -0.15) is 0 Å². The number of benzene rings is 1. The number of rotatable bonds is 13. The van der Waals surface area contributed by atoms with Gasteiger partial charge >= 0.3 is 5.97 Å². The highest BCUT2D eigenvalue weighted by Gasteiger charge is 2.25. The Labute approximate surface area is 172 Å². The summed E-state index contributed by atoms with van der Waals surface area (Å²) in [5, 5.41) is 21.6. The maximum atomic E-state index is 12.7. The maximum absolute atomic E-state index is 12.7. The van der Waals surface area contributed by atoms with E-state index in [9.17, 15) is 24.6 Å². The van der Waals surface area contributed by atoms with E-state index >= 15 is 0 Å². The van der Waals surface area contributed by atoms with Crippen LogP contribution in [0.5, 0.6) is 5.75 Å². The zero-order valence-electron chi connectivity index (χ0n) is 17.5. The van der Waals surface area contributed by atoms with Gasteiger partial charge in [-0.15, -0.1) is 0 Å². The lowest BCUT2D eigenvalue weighted by Crippen LogP contribution is -2.57. The second kappa shape index (κ2) is 12.2. The van der Waals surface area contributed by atoms with Gasteiger partial charge in [0.25, 0.3) is 0 Å². The Balaban J connectivity index is 2.78. The molecule has 0 aliphatic heterocycles. The van der Waals surface area contributed by atoms with E-state index in [2.05, 4.69) is 16.2 Å². The number of aldehydes is 1. The Bertz CT molecular complexity index is 661. The summed E-state index contributed by atoms with van der Waals surface area (Å²) < 4.78 is 0. The summed E-state index contributed by atoms with van der Waals surface area (Å²) >= 11 is 0. The fourth-order valence-electron chi connectivity index (χ4n) is 2.91. The second-order valence-corrected chi connectivity index (χ2v) is 8.11. The van der Waals surface area contributed by atoms with Crippen molar-refractivity contribution in [2.24, 2.45) is 11.8 Å². The number of carboxylic acids is 1. The summed E-state index contributed by atoms with van der Waals surface area (Å²) in [4.78, 5) is 35.5. The fourth-order valence-corrected chi connectivity index (χ4v) is 2.91. The van der Waals surface area contributed by atoms with Gasteiger partial charge in [0.2, 0.25) is 5.91 Å². The number of carbonyl (C=O) groups excluding carboxylic acids is 2. The molecule has 0 saturated heterocycles. The average Bonchev–Trinajstić information content (AvgIpc) is 2.63. The minimum atomic E-state index is -1.07. The molecule has 3 atom stereocenters. The first-order valence-corrected chi connectivity index (χ1v) is 9.89. The van der Waals surface area contributed by atoms with Crippen molar-refractivity contribution in [3.8, 4) is 5.75 Å². The molecule has 8 heteroatoms. The van der Waals surface area contributed by atoms with Crippen LogP contribution < -0.4 is 16.2 Å². The highest BCUT2D eigenvalue weighted by atomic mass is 16.4. The van der Waals surface area contributed by atoms with E-state index < -0.39 is 24.1 Å². The molecule has 162 valence electrons. The molecule has 1 amide bonds. The smallest absolute Gasteiger partial charge is 0.322 e. The lowest BCUT2D eigenvalue weighted by molar-refractivity contribution is -0.140. The van der Waals surface area contributed by atoms with Gasteiger partial charge in [0, 0.05) is 0 Å². The third-order valence-corrected chi connectivity index (χ3v) is 4.35. The predicted molar refractivity (Wildman–Crippen MR) is 110 cm³/mol. The highest BCUT2D eigenvalue weighted by Crippen LogP contribution is 2.12. The summed E-state index contributed by atoms with van der Waals surface area (Å²) in [7, 11) is 0. The number of nitrogens with one attached hydrogen (secondary N) is 3. The number of carbonyl (C=O) groups is 3. The van der Waals surface area contributed by atoms with E-state index in [-0.39, 0.29) is 29.9 Å². The van der Waals surface area contributed by atoms with Crippen molar-refractivity contribution in [1.82, 2.24) is 16.2 Å². The van der Waals surface area contributed by atoms with Gasteiger partial charge in [-0.1, -0.05) is 39.8 Å². The number of aliphatic carboxylic acids is 1. The molecule has 0 spiro atoms. The Morgan fingerprint density at radius 3 is 2.00 bits per heavy atom. The minimum absolute atomic E-state index is 0.103. The summed E-state index contributed by atoms with van der Waals surface area (Å²) in [5.74, 6) is -0.883. The van der Waals surface area contributed by atoms with E-state index in [1.165, 1.54) is 12.1 Å². The van der Waals surface area contributed by atoms with Gasteiger partial charge in [0.05, 0.1) is 6.04 Å². The molecule has 0 unspecified atom stereocenters. The number of aromatic hydroxyl groups is 1. The van der Waals surface area contributed by atoms with Crippen molar-refractivity contribution in [3.63, 3.8) is 0 Å². The molecule has 29 heavy (non-hydrogen) atoms. The monoisotopic (exact) mass is 407 g/mol. The molecule has 0 fully saturated rings.